The lowest BCUT2D eigenvalue weighted by atomic mass is 10.0. The highest BCUT2D eigenvalue weighted by atomic mass is 16.1. The summed E-state index contributed by atoms with van der Waals surface area (Å²) in [4.78, 5) is 13.4. The fourth-order valence-corrected chi connectivity index (χ4v) is 1.96. The van der Waals surface area contributed by atoms with Crippen molar-refractivity contribution < 1.29 is 4.79 Å². The van der Waals surface area contributed by atoms with Crippen LogP contribution in [0.5, 0.6) is 0 Å². The highest BCUT2D eigenvalue weighted by Crippen LogP contribution is 2.25. The summed E-state index contributed by atoms with van der Waals surface area (Å²) in [5.74, 6) is 0.0346. The summed E-state index contributed by atoms with van der Waals surface area (Å²) in [6.45, 7) is 1.84. The third-order valence-corrected chi connectivity index (χ3v) is 3.19. The maximum Gasteiger partial charge on any atom is 0.224 e. The van der Waals surface area contributed by atoms with Gasteiger partial charge in [-0.05, 0) is 35.4 Å². The van der Waals surface area contributed by atoms with Gasteiger partial charge in [0.2, 0.25) is 5.91 Å². The van der Waals surface area contributed by atoms with E-state index in [-0.39, 0.29) is 5.91 Å². The molecule has 1 N–H and O–H groups in total. The molecule has 0 unspecified atom stereocenters. The van der Waals surface area contributed by atoms with Crippen LogP contribution in [0.1, 0.15) is 13.3 Å². The number of hydrogen-bond acceptors (Lipinski definition) is 2. The third-order valence-electron chi connectivity index (χ3n) is 3.19. The fourth-order valence-electron chi connectivity index (χ4n) is 1.96. The predicted octanol–water partition coefficient (Wildman–Crippen LogP) is 3.77. The maximum atomic E-state index is 11.3. The van der Waals surface area contributed by atoms with Gasteiger partial charge in [0.1, 0.15) is 0 Å². The Morgan fingerprint density at radius 2 is 1.75 bits per heavy atom. The van der Waals surface area contributed by atoms with Crippen LogP contribution in [0.3, 0.4) is 0 Å². The van der Waals surface area contributed by atoms with Crippen LogP contribution >= 0.6 is 0 Å². The topological polar surface area (TPSA) is 32.3 Å². The lowest BCUT2D eigenvalue weighted by Crippen LogP contribution is -2.09. The van der Waals surface area contributed by atoms with Crippen LogP contribution < -0.4 is 10.2 Å². The van der Waals surface area contributed by atoms with Crippen LogP contribution in [-0.4, -0.2) is 20.0 Å². The molecule has 0 saturated carbocycles. The smallest absolute Gasteiger partial charge is 0.224 e. The zero-order valence-corrected chi connectivity index (χ0v) is 12.2. The van der Waals surface area contributed by atoms with E-state index in [1.807, 2.05) is 45.3 Å². The van der Waals surface area contributed by atoms with Gasteiger partial charge in [0.25, 0.3) is 0 Å². The van der Waals surface area contributed by atoms with Crippen LogP contribution in [0.15, 0.2) is 48.5 Å². The third kappa shape index (κ3) is 3.38. The SMILES string of the molecule is CCC(=O)Nc1ccc(-c2cccc(N(C)C)c2)cc1. The van der Waals surface area contributed by atoms with E-state index >= 15 is 0 Å². The van der Waals surface area contributed by atoms with Gasteiger partial charge in [0.05, 0.1) is 0 Å². The van der Waals surface area contributed by atoms with Gasteiger partial charge in [0, 0.05) is 31.9 Å². The Bertz CT molecular complexity index is 588. The van der Waals surface area contributed by atoms with Crippen molar-refractivity contribution in [1.29, 1.82) is 0 Å². The Labute approximate surface area is 120 Å². The lowest BCUT2D eigenvalue weighted by molar-refractivity contribution is -0.115. The molecule has 3 heteroatoms. The molecular formula is C17H20N2O. The summed E-state index contributed by atoms with van der Waals surface area (Å²) in [5.41, 5.74) is 4.32. The quantitative estimate of drug-likeness (QED) is 0.915. The first kappa shape index (κ1) is 14.1. The molecule has 0 spiro atoms. The van der Waals surface area contributed by atoms with Crippen LogP contribution in [0.4, 0.5) is 11.4 Å². The summed E-state index contributed by atoms with van der Waals surface area (Å²) in [5, 5.41) is 2.85. The lowest BCUT2D eigenvalue weighted by Gasteiger charge is -2.14. The van der Waals surface area contributed by atoms with Gasteiger partial charge in [-0.3, -0.25) is 4.79 Å². The van der Waals surface area contributed by atoms with E-state index in [0.29, 0.717) is 6.42 Å². The summed E-state index contributed by atoms with van der Waals surface area (Å²) in [6.07, 6.45) is 0.493. The summed E-state index contributed by atoms with van der Waals surface area (Å²) in [6, 6.07) is 16.3. The number of carbonyl (C=O) groups is 1. The number of anilines is 2. The normalized spacial score (nSPS) is 10.2. The standard InChI is InChI=1S/C17H20N2O/c1-4-17(20)18-15-10-8-13(9-11-15)14-6-5-7-16(12-14)19(2)3/h5-12H,4H2,1-3H3,(H,18,20). The van der Waals surface area contributed by atoms with E-state index in [1.54, 1.807) is 0 Å². The van der Waals surface area contributed by atoms with Gasteiger partial charge in [-0.15, -0.1) is 0 Å². The minimum atomic E-state index is 0.0346. The molecule has 2 rings (SSSR count). The highest BCUT2D eigenvalue weighted by Gasteiger charge is 2.02. The maximum absolute atomic E-state index is 11.3. The molecule has 0 aliphatic carbocycles. The molecule has 3 nitrogen and oxygen atoms in total. The van der Waals surface area contributed by atoms with Crippen LogP contribution in [0.25, 0.3) is 11.1 Å². The minimum Gasteiger partial charge on any atom is -0.378 e. The van der Waals surface area contributed by atoms with Crippen molar-refractivity contribution in [2.24, 2.45) is 0 Å². The molecule has 0 heterocycles. The molecule has 0 aromatic heterocycles. The number of amides is 1. The number of nitrogens with one attached hydrogen (secondary N) is 1. The molecular weight excluding hydrogens is 248 g/mol. The van der Waals surface area contributed by atoms with Crippen LogP contribution in [0, 0.1) is 0 Å². The molecule has 0 aliphatic heterocycles. The van der Waals surface area contributed by atoms with Crippen molar-refractivity contribution in [3.05, 3.63) is 48.5 Å². The molecule has 0 fully saturated rings. The second kappa shape index (κ2) is 6.24. The number of benzene rings is 2. The number of nitrogens with zero attached hydrogens (tertiary/aromatic N) is 1. The molecule has 20 heavy (non-hydrogen) atoms. The van der Waals surface area contributed by atoms with E-state index in [4.69, 9.17) is 0 Å². The highest BCUT2D eigenvalue weighted by molar-refractivity contribution is 5.90. The molecule has 2 aromatic rings. The minimum absolute atomic E-state index is 0.0346. The summed E-state index contributed by atoms with van der Waals surface area (Å²) in [7, 11) is 4.06. The molecule has 2 aromatic carbocycles. The van der Waals surface area contributed by atoms with Crippen LogP contribution in [0.2, 0.25) is 0 Å². The van der Waals surface area contributed by atoms with E-state index in [0.717, 1.165) is 11.3 Å². The Morgan fingerprint density at radius 3 is 2.35 bits per heavy atom. The Balaban J connectivity index is 2.21. The molecule has 1 amide bonds. The Kier molecular flexibility index (Phi) is 4.41. The van der Waals surface area contributed by atoms with Gasteiger partial charge in [-0.25, -0.2) is 0 Å². The zero-order chi connectivity index (χ0) is 14.5. The molecule has 0 aliphatic rings. The molecule has 0 radical (unpaired) electrons. The summed E-state index contributed by atoms with van der Waals surface area (Å²) >= 11 is 0. The van der Waals surface area contributed by atoms with Crippen molar-refractivity contribution in [2.45, 2.75) is 13.3 Å². The molecule has 0 bridgehead atoms. The fraction of sp³-hybridized carbons (Fsp3) is 0.235. The number of rotatable bonds is 4. The number of hydrogen-bond donors (Lipinski definition) is 1. The monoisotopic (exact) mass is 268 g/mol. The van der Waals surface area contributed by atoms with Crippen molar-refractivity contribution >= 4 is 17.3 Å². The van der Waals surface area contributed by atoms with Crippen molar-refractivity contribution in [3.63, 3.8) is 0 Å². The zero-order valence-electron chi connectivity index (χ0n) is 12.2. The first-order valence-electron chi connectivity index (χ1n) is 6.78. The second-order valence-electron chi connectivity index (χ2n) is 4.92. The first-order chi connectivity index (χ1) is 9.60. The van der Waals surface area contributed by atoms with E-state index in [2.05, 4.69) is 34.5 Å². The van der Waals surface area contributed by atoms with E-state index < -0.39 is 0 Å². The van der Waals surface area contributed by atoms with Crippen molar-refractivity contribution in [1.82, 2.24) is 0 Å². The summed E-state index contributed by atoms with van der Waals surface area (Å²) < 4.78 is 0. The first-order valence-corrected chi connectivity index (χ1v) is 6.78. The van der Waals surface area contributed by atoms with Gasteiger partial charge >= 0.3 is 0 Å². The van der Waals surface area contributed by atoms with Gasteiger partial charge in [-0.2, -0.15) is 0 Å². The molecule has 104 valence electrons. The van der Waals surface area contributed by atoms with Gasteiger partial charge < -0.3 is 10.2 Å². The predicted molar refractivity (Wildman–Crippen MR) is 85.1 cm³/mol. The number of carbonyl (C=O) groups excluding carboxylic acids is 1. The van der Waals surface area contributed by atoms with Gasteiger partial charge in [0.15, 0.2) is 0 Å². The van der Waals surface area contributed by atoms with Crippen molar-refractivity contribution in [2.75, 3.05) is 24.3 Å². The largest absolute Gasteiger partial charge is 0.378 e. The second-order valence-corrected chi connectivity index (χ2v) is 4.92. The van der Waals surface area contributed by atoms with E-state index in [9.17, 15) is 4.79 Å². The van der Waals surface area contributed by atoms with Gasteiger partial charge in [-0.1, -0.05) is 31.2 Å². The van der Waals surface area contributed by atoms with E-state index in [1.165, 1.54) is 11.3 Å². The van der Waals surface area contributed by atoms with Crippen LogP contribution in [-0.2, 0) is 4.79 Å². The Hall–Kier alpha value is -2.29. The molecule has 0 saturated heterocycles. The van der Waals surface area contributed by atoms with Crippen molar-refractivity contribution in [3.8, 4) is 11.1 Å². The average molecular weight is 268 g/mol. The average Bonchev–Trinajstić information content (AvgIpc) is 2.48. The Morgan fingerprint density at radius 1 is 1.05 bits per heavy atom. The molecule has 0 atom stereocenters.